The Hall–Kier alpha value is -0.820. The second-order valence-electron chi connectivity index (χ2n) is 2.84. The van der Waals surface area contributed by atoms with Crippen LogP contribution < -0.4 is 0 Å². The Morgan fingerprint density at radius 2 is 1.92 bits per heavy atom. The van der Waals surface area contributed by atoms with Crippen LogP contribution in [-0.4, -0.2) is 11.7 Å². The van der Waals surface area contributed by atoms with Gasteiger partial charge in [-0.2, -0.15) is 0 Å². The maximum atomic E-state index is 8.54. The molecule has 65 valence electrons. The number of hydrogen-bond acceptors (Lipinski definition) is 1. The second kappa shape index (κ2) is 5.78. The molecule has 1 radical (unpaired) electrons. The van der Waals surface area contributed by atoms with E-state index in [0.29, 0.717) is 6.61 Å². The number of aliphatic hydroxyl groups is 1. The molecule has 0 bridgehead atoms. The van der Waals surface area contributed by atoms with Gasteiger partial charge in [0.25, 0.3) is 0 Å². The standard InChI is InChI=1S/C11H15O/c12-10-6-2-5-9-11-7-3-1-4-8-11/h1,3-5,7-8,12H,2,6,9-10H2. The summed E-state index contributed by atoms with van der Waals surface area (Å²) in [5, 5.41) is 8.54. The molecule has 0 saturated carbocycles. The molecule has 1 rings (SSSR count). The minimum atomic E-state index is 0.297. The van der Waals surface area contributed by atoms with Crippen molar-refractivity contribution in [3.63, 3.8) is 0 Å². The predicted molar refractivity (Wildman–Crippen MR) is 50.8 cm³/mol. The fraction of sp³-hybridized carbons (Fsp3) is 0.364. The van der Waals surface area contributed by atoms with Crippen molar-refractivity contribution in [2.75, 3.05) is 6.61 Å². The highest BCUT2D eigenvalue weighted by atomic mass is 16.2. The maximum Gasteiger partial charge on any atom is 0.0431 e. The van der Waals surface area contributed by atoms with Crippen LogP contribution in [0.2, 0.25) is 0 Å². The molecule has 0 saturated heterocycles. The Morgan fingerprint density at radius 3 is 2.58 bits per heavy atom. The molecule has 12 heavy (non-hydrogen) atoms. The Bertz CT molecular complexity index is 193. The first kappa shape index (κ1) is 9.27. The summed E-state index contributed by atoms with van der Waals surface area (Å²) in [6, 6.07) is 10.4. The summed E-state index contributed by atoms with van der Waals surface area (Å²) < 4.78 is 0. The first-order valence-corrected chi connectivity index (χ1v) is 4.40. The van der Waals surface area contributed by atoms with Gasteiger partial charge in [0.05, 0.1) is 0 Å². The summed E-state index contributed by atoms with van der Waals surface area (Å²) in [5.74, 6) is 0. The van der Waals surface area contributed by atoms with Crippen molar-refractivity contribution in [3.05, 3.63) is 42.3 Å². The van der Waals surface area contributed by atoms with Crippen LogP contribution in [0.4, 0.5) is 0 Å². The van der Waals surface area contributed by atoms with Crippen LogP contribution in [0.5, 0.6) is 0 Å². The molecule has 0 unspecified atom stereocenters. The lowest BCUT2D eigenvalue weighted by atomic mass is 10.1. The van der Waals surface area contributed by atoms with Crippen molar-refractivity contribution >= 4 is 0 Å². The summed E-state index contributed by atoms with van der Waals surface area (Å²) in [5.41, 5.74) is 1.34. The van der Waals surface area contributed by atoms with Crippen LogP contribution in [0.3, 0.4) is 0 Å². The fourth-order valence-electron chi connectivity index (χ4n) is 1.12. The van der Waals surface area contributed by atoms with Crippen LogP contribution in [0.1, 0.15) is 18.4 Å². The smallest absolute Gasteiger partial charge is 0.0431 e. The molecule has 1 N–H and O–H groups in total. The van der Waals surface area contributed by atoms with E-state index in [9.17, 15) is 0 Å². The van der Waals surface area contributed by atoms with E-state index in [-0.39, 0.29) is 0 Å². The van der Waals surface area contributed by atoms with E-state index in [1.165, 1.54) is 5.56 Å². The van der Waals surface area contributed by atoms with E-state index in [4.69, 9.17) is 5.11 Å². The molecule has 0 spiro atoms. The number of unbranched alkanes of at least 4 members (excludes halogenated alkanes) is 2. The molecule has 1 aromatic carbocycles. The van der Waals surface area contributed by atoms with Crippen molar-refractivity contribution in [3.8, 4) is 0 Å². The van der Waals surface area contributed by atoms with E-state index in [1.54, 1.807) is 0 Å². The van der Waals surface area contributed by atoms with Gasteiger partial charge in [0.15, 0.2) is 0 Å². The molecular weight excluding hydrogens is 148 g/mol. The molecule has 0 fully saturated rings. The van der Waals surface area contributed by atoms with Crippen LogP contribution in [0, 0.1) is 6.42 Å². The number of rotatable bonds is 5. The lowest BCUT2D eigenvalue weighted by Gasteiger charge is -1.98. The zero-order valence-corrected chi connectivity index (χ0v) is 7.24. The lowest BCUT2D eigenvalue weighted by molar-refractivity contribution is 0.288. The van der Waals surface area contributed by atoms with E-state index in [2.05, 4.69) is 30.7 Å². The second-order valence-corrected chi connectivity index (χ2v) is 2.84. The summed E-state index contributed by atoms with van der Waals surface area (Å²) in [4.78, 5) is 0. The predicted octanol–water partition coefficient (Wildman–Crippen LogP) is 2.21. The molecule has 1 nitrogen and oxygen atoms in total. The van der Waals surface area contributed by atoms with Gasteiger partial charge in [-0.25, -0.2) is 0 Å². The van der Waals surface area contributed by atoms with Crippen molar-refractivity contribution in [1.82, 2.24) is 0 Å². The largest absolute Gasteiger partial charge is 0.396 e. The van der Waals surface area contributed by atoms with E-state index in [1.807, 2.05) is 6.07 Å². The zero-order chi connectivity index (χ0) is 8.65. The van der Waals surface area contributed by atoms with Crippen LogP contribution in [0.15, 0.2) is 30.3 Å². The maximum absolute atomic E-state index is 8.54. The minimum absolute atomic E-state index is 0.297. The highest BCUT2D eigenvalue weighted by Gasteiger charge is 1.91. The lowest BCUT2D eigenvalue weighted by Crippen LogP contribution is -1.88. The Morgan fingerprint density at radius 1 is 1.17 bits per heavy atom. The van der Waals surface area contributed by atoms with Crippen molar-refractivity contribution in [1.29, 1.82) is 0 Å². The number of benzene rings is 1. The molecule has 0 aliphatic rings. The number of aliphatic hydroxyl groups excluding tert-OH is 1. The van der Waals surface area contributed by atoms with Crippen molar-refractivity contribution in [2.45, 2.75) is 19.3 Å². The van der Waals surface area contributed by atoms with E-state index < -0.39 is 0 Å². The molecule has 1 heteroatoms. The zero-order valence-electron chi connectivity index (χ0n) is 7.24. The topological polar surface area (TPSA) is 20.2 Å². The average Bonchev–Trinajstić information content (AvgIpc) is 2.14. The molecule has 0 amide bonds. The van der Waals surface area contributed by atoms with Crippen LogP contribution in [-0.2, 0) is 6.42 Å². The number of hydrogen-bond donors (Lipinski definition) is 1. The Balaban J connectivity index is 2.16. The molecule has 0 atom stereocenters. The molecule has 1 aromatic rings. The van der Waals surface area contributed by atoms with Gasteiger partial charge in [0.2, 0.25) is 0 Å². The highest BCUT2D eigenvalue weighted by molar-refractivity contribution is 5.16. The van der Waals surface area contributed by atoms with Gasteiger partial charge in [0.1, 0.15) is 0 Å². The summed E-state index contributed by atoms with van der Waals surface area (Å²) in [7, 11) is 0. The van der Waals surface area contributed by atoms with Gasteiger partial charge in [-0.15, -0.1) is 0 Å². The first-order valence-electron chi connectivity index (χ1n) is 4.40. The third kappa shape index (κ3) is 3.54. The molecular formula is C11H15O. The van der Waals surface area contributed by atoms with Gasteiger partial charge in [-0.3, -0.25) is 0 Å². The normalized spacial score (nSPS) is 10.1. The summed E-state index contributed by atoms with van der Waals surface area (Å²) in [6.45, 7) is 0.297. The molecule has 0 heterocycles. The summed E-state index contributed by atoms with van der Waals surface area (Å²) >= 11 is 0. The molecule has 0 aromatic heterocycles. The van der Waals surface area contributed by atoms with Crippen LogP contribution >= 0.6 is 0 Å². The van der Waals surface area contributed by atoms with Crippen molar-refractivity contribution in [2.24, 2.45) is 0 Å². The highest BCUT2D eigenvalue weighted by Crippen LogP contribution is 2.04. The first-order chi connectivity index (χ1) is 5.93. The van der Waals surface area contributed by atoms with Gasteiger partial charge in [-0.1, -0.05) is 30.3 Å². The van der Waals surface area contributed by atoms with Gasteiger partial charge < -0.3 is 5.11 Å². The molecule has 0 aliphatic carbocycles. The minimum Gasteiger partial charge on any atom is -0.396 e. The Labute approximate surface area is 74.1 Å². The summed E-state index contributed by atoms with van der Waals surface area (Å²) in [6.07, 6.45) is 5.12. The molecule has 0 aliphatic heterocycles. The van der Waals surface area contributed by atoms with E-state index >= 15 is 0 Å². The Kier molecular flexibility index (Phi) is 4.47. The van der Waals surface area contributed by atoms with Gasteiger partial charge in [-0.05, 0) is 31.2 Å². The third-order valence-corrected chi connectivity index (χ3v) is 1.79. The average molecular weight is 163 g/mol. The SMILES string of the molecule is OCCC[CH]Cc1ccccc1. The van der Waals surface area contributed by atoms with E-state index in [0.717, 1.165) is 19.3 Å². The van der Waals surface area contributed by atoms with Crippen LogP contribution in [0.25, 0.3) is 0 Å². The monoisotopic (exact) mass is 163 g/mol. The fourth-order valence-corrected chi connectivity index (χ4v) is 1.12. The quantitative estimate of drug-likeness (QED) is 0.660. The van der Waals surface area contributed by atoms with Crippen molar-refractivity contribution < 1.29 is 5.11 Å². The van der Waals surface area contributed by atoms with Gasteiger partial charge in [0, 0.05) is 6.61 Å². The third-order valence-electron chi connectivity index (χ3n) is 1.79. The van der Waals surface area contributed by atoms with Gasteiger partial charge >= 0.3 is 0 Å².